The topological polar surface area (TPSA) is 53.6 Å². The number of halogens is 1. The van der Waals surface area contributed by atoms with Crippen molar-refractivity contribution < 1.29 is 4.39 Å². The third-order valence-corrected chi connectivity index (χ3v) is 3.54. The molecule has 3 N–H and O–H groups in total. The van der Waals surface area contributed by atoms with E-state index in [0.717, 1.165) is 18.5 Å². The Kier molecular flexibility index (Phi) is 4.74. The van der Waals surface area contributed by atoms with Crippen LogP contribution in [0.4, 0.5) is 10.1 Å². The number of nitrogens with one attached hydrogen (secondary N) is 1. The Morgan fingerprint density at radius 2 is 1.89 bits per heavy atom. The SMILES string of the molecule is CN(C(=NC1CCCCC1)NN)c1ccc(F)cc1. The third kappa shape index (κ3) is 3.67. The van der Waals surface area contributed by atoms with Gasteiger partial charge in [0.15, 0.2) is 0 Å². The summed E-state index contributed by atoms with van der Waals surface area (Å²) < 4.78 is 12.9. The van der Waals surface area contributed by atoms with E-state index in [4.69, 9.17) is 5.84 Å². The Morgan fingerprint density at radius 1 is 1.26 bits per heavy atom. The van der Waals surface area contributed by atoms with Crippen molar-refractivity contribution in [3.05, 3.63) is 30.1 Å². The molecule has 104 valence electrons. The number of guanidine groups is 1. The lowest BCUT2D eigenvalue weighted by atomic mass is 9.96. The number of rotatable bonds is 2. The minimum absolute atomic E-state index is 0.247. The molecule has 0 heterocycles. The van der Waals surface area contributed by atoms with Gasteiger partial charge in [-0.1, -0.05) is 19.3 Å². The largest absolute Gasteiger partial charge is 0.315 e. The average Bonchev–Trinajstić information content (AvgIpc) is 2.46. The molecule has 1 aliphatic rings. The van der Waals surface area contributed by atoms with Gasteiger partial charge in [0.1, 0.15) is 5.82 Å². The molecule has 1 aromatic carbocycles. The highest BCUT2D eigenvalue weighted by Gasteiger charge is 2.15. The molecule has 1 saturated carbocycles. The zero-order valence-corrected chi connectivity index (χ0v) is 11.3. The quantitative estimate of drug-likeness (QED) is 0.373. The summed E-state index contributed by atoms with van der Waals surface area (Å²) >= 11 is 0. The fraction of sp³-hybridized carbons (Fsp3) is 0.500. The van der Waals surface area contributed by atoms with E-state index in [2.05, 4.69) is 10.4 Å². The first kappa shape index (κ1) is 13.8. The molecule has 0 amide bonds. The number of hydrogen-bond acceptors (Lipinski definition) is 2. The highest BCUT2D eigenvalue weighted by Crippen LogP contribution is 2.21. The first-order chi connectivity index (χ1) is 9.20. The standard InChI is InChI=1S/C14H21FN4/c1-19(13-9-7-11(15)8-10-13)14(18-16)17-12-5-3-2-4-6-12/h7-10,12H,2-6,16H2,1H3,(H,17,18). The summed E-state index contributed by atoms with van der Waals surface area (Å²) in [6.45, 7) is 0. The van der Waals surface area contributed by atoms with E-state index in [1.54, 1.807) is 12.1 Å². The zero-order valence-electron chi connectivity index (χ0n) is 11.3. The third-order valence-electron chi connectivity index (χ3n) is 3.54. The lowest BCUT2D eigenvalue weighted by Crippen LogP contribution is -2.43. The van der Waals surface area contributed by atoms with E-state index in [1.165, 1.54) is 31.4 Å². The highest BCUT2D eigenvalue weighted by molar-refractivity contribution is 5.95. The second kappa shape index (κ2) is 6.52. The van der Waals surface area contributed by atoms with Crippen molar-refractivity contribution in [2.45, 2.75) is 38.1 Å². The van der Waals surface area contributed by atoms with E-state index in [1.807, 2.05) is 11.9 Å². The van der Waals surface area contributed by atoms with Crippen LogP contribution in [0.5, 0.6) is 0 Å². The van der Waals surface area contributed by atoms with Crippen molar-refractivity contribution >= 4 is 11.6 Å². The van der Waals surface area contributed by atoms with Gasteiger partial charge in [-0.15, -0.1) is 0 Å². The minimum Gasteiger partial charge on any atom is -0.315 e. The van der Waals surface area contributed by atoms with Crippen LogP contribution in [0.1, 0.15) is 32.1 Å². The van der Waals surface area contributed by atoms with E-state index < -0.39 is 0 Å². The molecule has 4 nitrogen and oxygen atoms in total. The average molecular weight is 264 g/mol. The van der Waals surface area contributed by atoms with Gasteiger partial charge in [0.05, 0.1) is 6.04 Å². The van der Waals surface area contributed by atoms with Gasteiger partial charge >= 0.3 is 0 Å². The molecule has 1 aromatic rings. The number of nitrogens with zero attached hydrogens (tertiary/aromatic N) is 2. The van der Waals surface area contributed by atoms with Crippen LogP contribution in [0.15, 0.2) is 29.3 Å². The van der Waals surface area contributed by atoms with Gasteiger partial charge in [0, 0.05) is 12.7 Å². The molecule has 1 fully saturated rings. The van der Waals surface area contributed by atoms with Gasteiger partial charge in [-0.2, -0.15) is 0 Å². The number of hydrogen-bond donors (Lipinski definition) is 2. The number of nitrogens with two attached hydrogens (primary N) is 1. The van der Waals surface area contributed by atoms with Crippen molar-refractivity contribution in [2.24, 2.45) is 10.8 Å². The normalized spacial score (nSPS) is 17.3. The Bertz CT molecular complexity index is 424. The van der Waals surface area contributed by atoms with Crippen molar-refractivity contribution in [3.8, 4) is 0 Å². The molecule has 0 saturated heterocycles. The molecular formula is C14H21FN4. The van der Waals surface area contributed by atoms with E-state index in [9.17, 15) is 4.39 Å². The van der Waals surface area contributed by atoms with Gasteiger partial charge in [-0.25, -0.2) is 15.2 Å². The lowest BCUT2D eigenvalue weighted by Gasteiger charge is -2.24. The number of anilines is 1. The van der Waals surface area contributed by atoms with Crippen LogP contribution in [0, 0.1) is 5.82 Å². The molecule has 0 spiro atoms. The molecule has 5 heteroatoms. The first-order valence-corrected chi connectivity index (χ1v) is 6.74. The van der Waals surface area contributed by atoms with Crippen LogP contribution < -0.4 is 16.2 Å². The Morgan fingerprint density at radius 3 is 2.47 bits per heavy atom. The minimum atomic E-state index is -0.247. The number of aliphatic imine (C=N–C) groups is 1. The maximum Gasteiger partial charge on any atom is 0.212 e. The first-order valence-electron chi connectivity index (χ1n) is 6.74. The van der Waals surface area contributed by atoms with Crippen molar-refractivity contribution in [3.63, 3.8) is 0 Å². The van der Waals surface area contributed by atoms with Crippen molar-refractivity contribution in [1.29, 1.82) is 0 Å². The van der Waals surface area contributed by atoms with E-state index in [0.29, 0.717) is 12.0 Å². The summed E-state index contributed by atoms with van der Waals surface area (Å²) in [5.41, 5.74) is 3.50. The van der Waals surface area contributed by atoms with E-state index in [-0.39, 0.29) is 5.82 Å². The Hall–Kier alpha value is -1.62. The molecule has 19 heavy (non-hydrogen) atoms. The summed E-state index contributed by atoms with van der Waals surface area (Å²) in [4.78, 5) is 6.51. The molecule has 0 unspecified atom stereocenters. The van der Waals surface area contributed by atoms with E-state index >= 15 is 0 Å². The summed E-state index contributed by atoms with van der Waals surface area (Å²) in [6, 6.07) is 6.62. The van der Waals surface area contributed by atoms with Crippen molar-refractivity contribution in [2.75, 3.05) is 11.9 Å². The van der Waals surface area contributed by atoms with Crippen LogP contribution in [0.25, 0.3) is 0 Å². The molecule has 1 aliphatic carbocycles. The van der Waals surface area contributed by atoms with Crippen LogP contribution in [0.2, 0.25) is 0 Å². The van der Waals surface area contributed by atoms with Gasteiger partial charge < -0.3 is 4.90 Å². The fourth-order valence-corrected chi connectivity index (χ4v) is 2.39. The van der Waals surface area contributed by atoms with Crippen LogP contribution in [-0.4, -0.2) is 19.0 Å². The monoisotopic (exact) mass is 264 g/mol. The molecule has 0 bridgehead atoms. The fourth-order valence-electron chi connectivity index (χ4n) is 2.39. The molecule has 0 aromatic heterocycles. The zero-order chi connectivity index (χ0) is 13.7. The van der Waals surface area contributed by atoms with Gasteiger partial charge in [0.2, 0.25) is 5.96 Å². The lowest BCUT2D eigenvalue weighted by molar-refractivity contribution is 0.442. The number of benzene rings is 1. The summed E-state index contributed by atoms with van der Waals surface area (Å²) in [5, 5.41) is 0. The molecule has 0 radical (unpaired) electrons. The molecular weight excluding hydrogens is 243 g/mol. The Labute approximate surface area is 113 Å². The summed E-state index contributed by atoms with van der Waals surface area (Å²) in [6.07, 6.45) is 5.98. The predicted molar refractivity (Wildman–Crippen MR) is 76.4 cm³/mol. The maximum atomic E-state index is 12.9. The molecule has 2 rings (SSSR count). The summed E-state index contributed by atoms with van der Waals surface area (Å²) in [5.74, 6) is 5.94. The summed E-state index contributed by atoms with van der Waals surface area (Å²) in [7, 11) is 1.87. The second-order valence-corrected chi connectivity index (χ2v) is 4.92. The molecule has 0 atom stereocenters. The van der Waals surface area contributed by atoms with Gasteiger partial charge in [-0.3, -0.25) is 5.43 Å². The Balaban J connectivity index is 2.11. The smallest absolute Gasteiger partial charge is 0.212 e. The number of hydrazine groups is 1. The van der Waals surface area contributed by atoms with Crippen LogP contribution in [0.3, 0.4) is 0 Å². The highest BCUT2D eigenvalue weighted by atomic mass is 19.1. The van der Waals surface area contributed by atoms with Crippen LogP contribution >= 0.6 is 0 Å². The molecule has 0 aliphatic heterocycles. The van der Waals surface area contributed by atoms with Crippen molar-refractivity contribution in [1.82, 2.24) is 5.43 Å². The van der Waals surface area contributed by atoms with Crippen LogP contribution in [-0.2, 0) is 0 Å². The van der Waals surface area contributed by atoms with Gasteiger partial charge in [0.25, 0.3) is 0 Å². The van der Waals surface area contributed by atoms with Gasteiger partial charge in [-0.05, 0) is 37.1 Å². The predicted octanol–water partition coefficient (Wildman–Crippen LogP) is 2.41. The maximum absolute atomic E-state index is 12.9. The second-order valence-electron chi connectivity index (χ2n) is 4.92.